The Hall–Kier alpha value is -1.65. The zero-order valence-electron chi connectivity index (χ0n) is 11.0. The van der Waals surface area contributed by atoms with Gasteiger partial charge < -0.3 is 9.64 Å². The lowest BCUT2D eigenvalue weighted by Crippen LogP contribution is -2.34. The minimum Gasteiger partial charge on any atom is -0.444 e. The van der Waals surface area contributed by atoms with Crippen molar-refractivity contribution in [2.75, 3.05) is 7.05 Å². The fraction of sp³-hybridized carbons (Fsp3) is 0.462. The van der Waals surface area contributed by atoms with Gasteiger partial charge in [0.25, 0.3) is 0 Å². The van der Waals surface area contributed by atoms with Crippen molar-refractivity contribution in [1.82, 2.24) is 4.90 Å². The van der Waals surface area contributed by atoms with E-state index in [0.717, 1.165) is 18.2 Å². The van der Waals surface area contributed by atoms with Crippen molar-refractivity contribution in [3.05, 3.63) is 35.4 Å². The number of ether oxygens (including phenoxy) is 1. The van der Waals surface area contributed by atoms with Crippen LogP contribution in [0.1, 0.15) is 26.3 Å². The van der Waals surface area contributed by atoms with Gasteiger partial charge in [-0.05, 0) is 39.0 Å². The van der Waals surface area contributed by atoms with E-state index in [-0.39, 0.29) is 12.1 Å². The lowest BCUT2D eigenvalue weighted by atomic mass is 10.2. The normalized spacial score (nSPS) is 11.2. The molecular weight excluding hydrogens is 240 g/mol. The van der Waals surface area contributed by atoms with Crippen LogP contribution in [0.4, 0.5) is 13.6 Å². The number of hydrogen-bond acceptors (Lipinski definition) is 2. The monoisotopic (exact) mass is 257 g/mol. The van der Waals surface area contributed by atoms with Crippen molar-refractivity contribution < 1.29 is 18.3 Å². The SMILES string of the molecule is CN(Cc1cc(F)ccc1F)C(=O)OC(C)(C)C. The molecule has 0 aromatic heterocycles. The number of nitrogens with zero attached hydrogens (tertiary/aromatic N) is 1. The minimum atomic E-state index is -0.619. The van der Waals surface area contributed by atoms with Gasteiger partial charge >= 0.3 is 6.09 Å². The Bertz CT molecular complexity index is 441. The molecule has 0 unspecified atom stereocenters. The Labute approximate surface area is 105 Å². The average Bonchev–Trinajstić information content (AvgIpc) is 2.21. The Morgan fingerprint density at radius 1 is 1.33 bits per heavy atom. The summed E-state index contributed by atoms with van der Waals surface area (Å²) in [6.45, 7) is 5.17. The number of benzene rings is 1. The van der Waals surface area contributed by atoms with Crippen LogP contribution >= 0.6 is 0 Å². The third kappa shape index (κ3) is 4.31. The first-order valence-corrected chi connectivity index (χ1v) is 5.57. The van der Waals surface area contributed by atoms with E-state index in [1.54, 1.807) is 20.8 Å². The van der Waals surface area contributed by atoms with Gasteiger partial charge in [0.2, 0.25) is 0 Å². The number of carbonyl (C=O) groups is 1. The summed E-state index contributed by atoms with van der Waals surface area (Å²) >= 11 is 0. The fourth-order valence-electron chi connectivity index (χ4n) is 1.32. The van der Waals surface area contributed by atoms with E-state index >= 15 is 0 Å². The standard InChI is InChI=1S/C13H17F2NO2/c1-13(2,3)18-12(17)16(4)8-9-7-10(14)5-6-11(9)15/h5-7H,8H2,1-4H3. The Kier molecular flexibility index (Phi) is 4.27. The predicted molar refractivity (Wildman–Crippen MR) is 64.1 cm³/mol. The molecule has 0 atom stereocenters. The lowest BCUT2D eigenvalue weighted by molar-refractivity contribution is 0.0283. The van der Waals surface area contributed by atoms with Crippen LogP contribution in [0.3, 0.4) is 0 Å². The zero-order chi connectivity index (χ0) is 13.9. The van der Waals surface area contributed by atoms with Crippen LogP contribution in [0.5, 0.6) is 0 Å². The summed E-state index contributed by atoms with van der Waals surface area (Å²) in [7, 11) is 1.47. The summed E-state index contributed by atoms with van der Waals surface area (Å²) in [4.78, 5) is 12.8. The summed E-state index contributed by atoms with van der Waals surface area (Å²) in [5.41, 5.74) is -0.505. The fourth-order valence-corrected chi connectivity index (χ4v) is 1.32. The maximum atomic E-state index is 13.4. The third-order valence-corrected chi connectivity index (χ3v) is 2.12. The van der Waals surface area contributed by atoms with Crippen LogP contribution in [-0.4, -0.2) is 23.6 Å². The predicted octanol–water partition coefficient (Wildman–Crippen LogP) is 3.33. The topological polar surface area (TPSA) is 29.5 Å². The van der Waals surface area contributed by atoms with Gasteiger partial charge in [-0.15, -0.1) is 0 Å². The molecular formula is C13H17F2NO2. The van der Waals surface area contributed by atoms with E-state index in [2.05, 4.69) is 0 Å². The van der Waals surface area contributed by atoms with E-state index in [0.29, 0.717) is 0 Å². The van der Waals surface area contributed by atoms with Gasteiger partial charge in [-0.3, -0.25) is 0 Å². The molecule has 0 heterocycles. The van der Waals surface area contributed by atoms with Gasteiger partial charge in [-0.2, -0.15) is 0 Å². The molecule has 0 aliphatic heterocycles. The zero-order valence-corrected chi connectivity index (χ0v) is 11.0. The number of carbonyl (C=O) groups excluding carboxylic acids is 1. The number of rotatable bonds is 2. The summed E-state index contributed by atoms with van der Waals surface area (Å²) in [6.07, 6.45) is -0.578. The maximum Gasteiger partial charge on any atom is 0.410 e. The molecule has 0 radical (unpaired) electrons. The van der Waals surface area contributed by atoms with E-state index in [1.165, 1.54) is 11.9 Å². The second-order valence-electron chi connectivity index (χ2n) is 5.07. The molecule has 0 aliphatic rings. The first kappa shape index (κ1) is 14.4. The highest BCUT2D eigenvalue weighted by atomic mass is 19.1. The van der Waals surface area contributed by atoms with Crippen LogP contribution < -0.4 is 0 Å². The van der Waals surface area contributed by atoms with Crippen LogP contribution in [0.15, 0.2) is 18.2 Å². The number of amides is 1. The average molecular weight is 257 g/mol. The van der Waals surface area contributed by atoms with Gasteiger partial charge in [0, 0.05) is 12.6 Å². The van der Waals surface area contributed by atoms with Crippen LogP contribution in [-0.2, 0) is 11.3 Å². The molecule has 0 saturated heterocycles. The van der Waals surface area contributed by atoms with E-state index < -0.39 is 23.3 Å². The maximum absolute atomic E-state index is 13.4. The van der Waals surface area contributed by atoms with Gasteiger partial charge in [0.05, 0.1) is 6.54 Å². The summed E-state index contributed by atoms with van der Waals surface area (Å²) < 4.78 is 31.5. The molecule has 1 aromatic rings. The number of halogens is 2. The van der Waals surface area contributed by atoms with Crippen molar-refractivity contribution in [3.8, 4) is 0 Å². The van der Waals surface area contributed by atoms with Crippen LogP contribution in [0.2, 0.25) is 0 Å². The quantitative estimate of drug-likeness (QED) is 0.813. The molecule has 0 saturated carbocycles. The smallest absolute Gasteiger partial charge is 0.410 e. The van der Waals surface area contributed by atoms with Crippen LogP contribution in [0, 0.1) is 11.6 Å². The third-order valence-electron chi connectivity index (χ3n) is 2.12. The molecule has 1 aromatic carbocycles. The second-order valence-corrected chi connectivity index (χ2v) is 5.07. The van der Waals surface area contributed by atoms with Gasteiger partial charge in [-0.25, -0.2) is 13.6 Å². The molecule has 3 nitrogen and oxygen atoms in total. The lowest BCUT2D eigenvalue weighted by Gasteiger charge is -2.24. The molecule has 1 rings (SSSR count). The number of hydrogen-bond donors (Lipinski definition) is 0. The first-order chi connectivity index (χ1) is 8.19. The molecule has 5 heteroatoms. The van der Waals surface area contributed by atoms with Gasteiger partial charge in [-0.1, -0.05) is 0 Å². The van der Waals surface area contributed by atoms with Gasteiger partial charge in [0.1, 0.15) is 17.2 Å². The van der Waals surface area contributed by atoms with Crippen molar-refractivity contribution in [2.24, 2.45) is 0 Å². The van der Waals surface area contributed by atoms with Crippen molar-refractivity contribution >= 4 is 6.09 Å². The van der Waals surface area contributed by atoms with Crippen LogP contribution in [0.25, 0.3) is 0 Å². The van der Waals surface area contributed by atoms with Crippen molar-refractivity contribution in [1.29, 1.82) is 0 Å². The molecule has 0 fully saturated rings. The minimum absolute atomic E-state index is 0.0431. The summed E-state index contributed by atoms with van der Waals surface area (Å²) in [6, 6.07) is 3.14. The second kappa shape index (κ2) is 5.33. The highest BCUT2D eigenvalue weighted by Crippen LogP contribution is 2.14. The molecule has 100 valence electrons. The molecule has 1 amide bonds. The summed E-state index contributed by atoms with van der Waals surface area (Å²) in [5.74, 6) is -1.09. The highest BCUT2D eigenvalue weighted by Gasteiger charge is 2.20. The largest absolute Gasteiger partial charge is 0.444 e. The summed E-state index contributed by atoms with van der Waals surface area (Å²) in [5, 5.41) is 0. The van der Waals surface area contributed by atoms with Gasteiger partial charge in [0.15, 0.2) is 0 Å². The Morgan fingerprint density at radius 2 is 1.94 bits per heavy atom. The Morgan fingerprint density at radius 3 is 2.50 bits per heavy atom. The highest BCUT2D eigenvalue weighted by molar-refractivity contribution is 5.67. The molecule has 0 bridgehead atoms. The van der Waals surface area contributed by atoms with Crippen molar-refractivity contribution in [2.45, 2.75) is 32.9 Å². The molecule has 0 N–H and O–H groups in total. The Balaban J connectivity index is 2.72. The molecule has 0 spiro atoms. The molecule has 0 aliphatic carbocycles. The molecule has 18 heavy (non-hydrogen) atoms. The van der Waals surface area contributed by atoms with E-state index in [4.69, 9.17) is 4.74 Å². The van der Waals surface area contributed by atoms with E-state index in [1.807, 2.05) is 0 Å². The van der Waals surface area contributed by atoms with Crippen molar-refractivity contribution in [3.63, 3.8) is 0 Å². The van der Waals surface area contributed by atoms with E-state index in [9.17, 15) is 13.6 Å². The first-order valence-electron chi connectivity index (χ1n) is 5.57.